The van der Waals surface area contributed by atoms with Gasteiger partial charge in [-0.25, -0.2) is 0 Å². The number of piperidine rings is 2. The van der Waals surface area contributed by atoms with Gasteiger partial charge >= 0.3 is 0 Å². The molecule has 6 heteroatoms. The van der Waals surface area contributed by atoms with Crippen molar-refractivity contribution in [3.8, 4) is 0 Å². The number of rotatable bonds is 1. The molecule has 94 valence electrons. The normalized spacial score (nSPS) is 45.9. The van der Waals surface area contributed by atoms with Gasteiger partial charge in [-0.3, -0.25) is 5.43 Å². The molecule has 5 nitrogen and oxygen atoms in total. The number of nitrogens with one attached hydrogen (secondary N) is 1. The molecule has 0 spiro atoms. The summed E-state index contributed by atoms with van der Waals surface area (Å²) in [4.78, 5) is 5.13. The molecule has 0 aromatic rings. The lowest BCUT2D eigenvalue weighted by molar-refractivity contribution is 0.130. The fourth-order valence-corrected chi connectivity index (χ4v) is 3.69. The maximum atomic E-state index is 5.46. The van der Waals surface area contributed by atoms with E-state index in [1.54, 1.807) is 0 Å². The van der Waals surface area contributed by atoms with Crippen molar-refractivity contribution in [3.05, 3.63) is 0 Å². The van der Waals surface area contributed by atoms with Gasteiger partial charge in [-0.2, -0.15) is 5.10 Å². The van der Waals surface area contributed by atoms with E-state index >= 15 is 0 Å². The molecule has 2 atom stereocenters. The number of nitrogens with zero attached hydrogens (tertiary/aromatic N) is 3. The van der Waals surface area contributed by atoms with Crippen LogP contribution in [0.3, 0.4) is 0 Å². The summed E-state index contributed by atoms with van der Waals surface area (Å²) in [6.07, 6.45) is 0. The minimum Gasteiger partial charge on any atom is -0.375 e. The summed E-state index contributed by atoms with van der Waals surface area (Å²) < 4.78 is 0. The first-order valence-corrected chi connectivity index (χ1v) is 6.56. The highest BCUT2D eigenvalue weighted by molar-refractivity contribution is 7.80. The van der Waals surface area contributed by atoms with Crippen molar-refractivity contribution in [3.63, 3.8) is 0 Å². The Morgan fingerprint density at radius 2 is 2.00 bits per heavy atom. The predicted molar refractivity (Wildman–Crippen MR) is 71.8 cm³/mol. The van der Waals surface area contributed by atoms with E-state index in [0.29, 0.717) is 5.92 Å². The predicted octanol–water partition coefficient (Wildman–Crippen LogP) is -0.557. The van der Waals surface area contributed by atoms with Crippen LogP contribution in [0.2, 0.25) is 0 Å². The highest BCUT2D eigenvalue weighted by atomic mass is 32.1. The van der Waals surface area contributed by atoms with Crippen LogP contribution in [0.25, 0.3) is 0 Å². The number of hydrogen-bond donors (Lipinski definition) is 2. The van der Waals surface area contributed by atoms with Gasteiger partial charge < -0.3 is 15.5 Å². The van der Waals surface area contributed by atoms with E-state index in [2.05, 4.69) is 27.3 Å². The lowest BCUT2D eigenvalue weighted by atomic mass is 9.72. The molecule has 17 heavy (non-hydrogen) atoms. The lowest BCUT2D eigenvalue weighted by Gasteiger charge is -2.48. The third kappa shape index (κ3) is 1.94. The van der Waals surface area contributed by atoms with Crippen LogP contribution in [0.15, 0.2) is 5.10 Å². The van der Waals surface area contributed by atoms with Crippen LogP contribution in [0.4, 0.5) is 0 Å². The fraction of sp³-hybridized carbons (Fsp3) is 0.818. The summed E-state index contributed by atoms with van der Waals surface area (Å²) in [7, 11) is 0. The molecular formula is C11H19N5S. The van der Waals surface area contributed by atoms with Crippen LogP contribution < -0.4 is 11.2 Å². The van der Waals surface area contributed by atoms with E-state index < -0.39 is 0 Å². The highest BCUT2D eigenvalue weighted by Gasteiger charge is 2.49. The Kier molecular flexibility index (Phi) is 2.61. The Morgan fingerprint density at radius 3 is 2.47 bits per heavy atom. The largest absolute Gasteiger partial charge is 0.375 e. The summed E-state index contributed by atoms with van der Waals surface area (Å²) in [5.41, 5.74) is 9.67. The summed E-state index contributed by atoms with van der Waals surface area (Å²) in [5, 5.41) is 4.74. The second-order valence-corrected chi connectivity index (χ2v) is 6.14. The molecule has 3 N–H and O–H groups in total. The average Bonchev–Trinajstić information content (AvgIpc) is 2.44. The third-order valence-corrected chi connectivity index (χ3v) is 4.22. The van der Waals surface area contributed by atoms with E-state index in [0.717, 1.165) is 26.2 Å². The molecule has 4 aliphatic heterocycles. The Balaban J connectivity index is 1.91. The summed E-state index contributed by atoms with van der Waals surface area (Å²) in [6, 6.07) is 0. The van der Waals surface area contributed by atoms with Crippen molar-refractivity contribution in [1.29, 1.82) is 0 Å². The Hall–Kier alpha value is -0.720. The minimum atomic E-state index is 0.162. The van der Waals surface area contributed by atoms with Gasteiger partial charge in [0, 0.05) is 50.6 Å². The quantitative estimate of drug-likeness (QED) is 0.485. The number of hydrogen-bond acceptors (Lipinski definition) is 4. The second-order valence-electron chi connectivity index (χ2n) is 5.70. The maximum absolute atomic E-state index is 5.46. The molecule has 0 aromatic carbocycles. The molecule has 0 saturated carbocycles. The molecule has 0 aliphatic carbocycles. The number of thiocarbonyl (C=S) groups is 1. The SMILES string of the molecule is CC12CN3CCN(CC(C3)/C1=N\NC(N)=S)C2. The van der Waals surface area contributed by atoms with Crippen molar-refractivity contribution in [2.45, 2.75) is 6.92 Å². The van der Waals surface area contributed by atoms with E-state index in [9.17, 15) is 0 Å². The van der Waals surface area contributed by atoms with Gasteiger partial charge in [-0.05, 0) is 12.2 Å². The van der Waals surface area contributed by atoms with Crippen LogP contribution in [0.5, 0.6) is 0 Å². The Morgan fingerprint density at radius 1 is 1.41 bits per heavy atom. The van der Waals surface area contributed by atoms with Gasteiger partial charge in [0.1, 0.15) is 0 Å². The molecule has 4 fully saturated rings. The fourth-order valence-electron chi connectivity index (χ4n) is 3.64. The molecule has 4 heterocycles. The molecule has 0 aromatic heterocycles. The second kappa shape index (κ2) is 3.90. The van der Waals surface area contributed by atoms with Gasteiger partial charge in [0.05, 0.1) is 5.71 Å². The molecular weight excluding hydrogens is 234 g/mol. The van der Waals surface area contributed by atoms with Crippen molar-refractivity contribution >= 4 is 23.0 Å². The molecule has 2 unspecified atom stereocenters. The first-order valence-electron chi connectivity index (χ1n) is 6.15. The third-order valence-electron chi connectivity index (χ3n) is 4.13. The number of fused-ring (bicyclic) bond motifs is 1. The zero-order valence-corrected chi connectivity index (χ0v) is 11.0. The minimum absolute atomic E-state index is 0.162. The van der Waals surface area contributed by atoms with E-state index in [1.165, 1.54) is 18.8 Å². The maximum Gasteiger partial charge on any atom is 0.184 e. The average molecular weight is 253 g/mol. The van der Waals surface area contributed by atoms with E-state index in [-0.39, 0.29) is 10.5 Å². The van der Waals surface area contributed by atoms with Crippen LogP contribution >= 0.6 is 12.2 Å². The Labute approximate surface area is 107 Å². The monoisotopic (exact) mass is 253 g/mol. The molecule has 4 saturated heterocycles. The molecule has 0 amide bonds. The van der Waals surface area contributed by atoms with Crippen molar-refractivity contribution in [1.82, 2.24) is 15.2 Å². The molecule has 4 aliphatic rings. The van der Waals surface area contributed by atoms with Crippen molar-refractivity contribution in [2.24, 2.45) is 22.2 Å². The van der Waals surface area contributed by atoms with Gasteiger partial charge in [-0.1, -0.05) is 6.92 Å². The highest BCUT2D eigenvalue weighted by Crippen LogP contribution is 2.37. The molecule has 4 rings (SSSR count). The smallest absolute Gasteiger partial charge is 0.184 e. The van der Waals surface area contributed by atoms with Crippen LogP contribution in [-0.2, 0) is 0 Å². The first-order chi connectivity index (χ1) is 8.07. The van der Waals surface area contributed by atoms with Crippen LogP contribution in [0, 0.1) is 11.3 Å². The summed E-state index contributed by atoms with van der Waals surface area (Å²) in [5.74, 6) is 0.534. The summed E-state index contributed by atoms with van der Waals surface area (Å²) >= 11 is 4.83. The Bertz CT molecular complexity index is 364. The zero-order chi connectivity index (χ0) is 12.0. The van der Waals surface area contributed by atoms with Crippen molar-refractivity contribution < 1.29 is 0 Å². The van der Waals surface area contributed by atoms with Gasteiger partial charge in [0.2, 0.25) is 0 Å². The van der Waals surface area contributed by atoms with Gasteiger partial charge in [-0.15, -0.1) is 0 Å². The summed E-state index contributed by atoms with van der Waals surface area (Å²) in [6.45, 7) is 9.18. The van der Waals surface area contributed by atoms with Crippen LogP contribution in [0.1, 0.15) is 6.92 Å². The number of hydrazone groups is 1. The van der Waals surface area contributed by atoms with Gasteiger partial charge in [0.15, 0.2) is 5.11 Å². The van der Waals surface area contributed by atoms with Crippen LogP contribution in [-0.4, -0.2) is 59.9 Å². The first kappa shape index (κ1) is 11.4. The van der Waals surface area contributed by atoms with Crippen molar-refractivity contribution in [2.75, 3.05) is 39.3 Å². The standard InChI is InChI=1S/C11H19N5S/c1-11-6-15-2-3-16(7-11)5-8(4-15)9(11)13-14-10(12)17/h8H,2-7H2,1H3,(H3,12,14,17)/b13-9+. The molecule has 4 bridgehead atoms. The van der Waals surface area contributed by atoms with E-state index in [4.69, 9.17) is 18.0 Å². The van der Waals surface area contributed by atoms with E-state index in [1.807, 2.05) is 0 Å². The lowest BCUT2D eigenvalue weighted by Crippen LogP contribution is -2.60. The number of nitrogens with two attached hydrogens (primary N) is 1. The van der Waals surface area contributed by atoms with Gasteiger partial charge in [0.25, 0.3) is 0 Å². The topological polar surface area (TPSA) is 56.9 Å². The molecule has 0 radical (unpaired) electrons. The zero-order valence-electron chi connectivity index (χ0n) is 10.1.